The number of hydrogen-bond acceptors (Lipinski definition) is 6. The standard InChI is InChI=1S/C19H16O6.Na/c1-23-12-6-7-14(16(9-12)24-2)17-10-15(20)13-5-3-4-11(8-18(21)22)19(13)25-17;/h3-7,9-10H,8H2,1-2H3,(H,21,22);/q;+1/p-1. The van der Waals surface area contributed by atoms with E-state index in [1.54, 1.807) is 36.4 Å². The quantitative estimate of drug-likeness (QED) is 0.529. The van der Waals surface area contributed by atoms with Gasteiger partial charge in [0.1, 0.15) is 22.8 Å². The first-order chi connectivity index (χ1) is 12.0. The number of carbonyl (C=O) groups excluding carboxylic acids is 1. The van der Waals surface area contributed by atoms with Gasteiger partial charge in [0.25, 0.3) is 0 Å². The van der Waals surface area contributed by atoms with E-state index in [1.165, 1.54) is 20.3 Å². The van der Waals surface area contributed by atoms with Crippen LogP contribution in [0.3, 0.4) is 0 Å². The number of rotatable bonds is 5. The molecule has 128 valence electrons. The number of fused-ring (bicyclic) bond motifs is 1. The molecule has 0 saturated heterocycles. The minimum atomic E-state index is -1.25. The van der Waals surface area contributed by atoms with E-state index >= 15 is 0 Å². The van der Waals surface area contributed by atoms with Crippen LogP contribution in [0.2, 0.25) is 0 Å². The molecule has 0 fully saturated rings. The SMILES string of the molecule is COc1ccc(-c2cc(=O)c3cccc(CC(=O)[O-])c3o2)c(OC)c1.[Na+]. The number of carbonyl (C=O) groups is 1. The molecular weight excluding hydrogens is 347 g/mol. The third kappa shape index (κ3) is 3.93. The molecule has 0 saturated carbocycles. The molecule has 0 spiro atoms. The summed E-state index contributed by atoms with van der Waals surface area (Å²) in [6.45, 7) is 0. The predicted molar refractivity (Wildman–Crippen MR) is 89.7 cm³/mol. The van der Waals surface area contributed by atoms with E-state index in [1.807, 2.05) is 0 Å². The van der Waals surface area contributed by atoms with Gasteiger partial charge in [-0.1, -0.05) is 12.1 Å². The van der Waals surface area contributed by atoms with E-state index in [4.69, 9.17) is 13.9 Å². The average Bonchev–Trinajstić information content (AvgIpc) is 2.61. The molecule has 0 amide bonds. The molecule has 0 atom stereocenters. The number of benzene rings is 2. The Kier molecular flexibility index (Phi) is 6.47. The Labute approximate surface area is 171 Å². The number of methoxy groups -OCH3 is 2. The fourth-order valence-electron chi connectivity index (χ4n) is 2.67. The van der Waals surface area contributed by atoms with Crippen LogP contribution in [0, 0.1) is 0 Å². The summed E-state index contributed by atoms with van der Waals surface area (Å²) in [7, 11) is 3.04. The molecule has 6 nitrogen and oxygen atoms in total. The van der Waals surface area contributed by atoms with E-state index in [0.717, 1.165) is 0 Å². The molecule has 26 heavy (non-hydrogen) atoms. The van der Waals surface area contributed by atoms with Crippen molar-refractivity contribution in [1.82, 2.24) is 0 Å². The molecule has 7 heteroatoms. The molecule has 1 heterocycles. The molecule has 3 aromatic rings. The first kappa shape index (κ1) is 20.0. The normalized spacial score (nSPS) is 10.2. The Bertz CT molecular complexity index is 1010. The number of carboxylic acid groups (broad SMARTS) is 1. The van der Waals surface area contributed by atoms with Gasteiger partial charge in [-0.25, -0.2) is 0 Å². The summed E-state index contributed by atoms with van der Waals surface area (Å²) >= 11 is 0. The zero-order chi connectivity index (χ0) is 18.0. The third-order valence-electron chi connectivity index (χ3n) is 3.85. The zero-order valence-corrected chi connectivity index (χ0v) is 16.7. The van der Waals surface area contributed by atoms with Crippen LogP contribution in [0.4, 0.5) is 0 Å². The van der Waals surface area contributed by atoms with Gasteiger partial charge in [0.05, 0.1) is 25.2 Å². The summed E-state index contributed by atoms with van der Waals surface area (Å²) in [4.78, 5) is 23.4. The summed E-state index contributed by atoms with van der Waals surface area (Å²) in [5, 5.41) is 11.3. The molecule has 1 aromatic heterocycles. The molecule has 0 bridgehead atoms. The van der Waals surface area contributed by atoms with Gasteiger partial charge < -0.3 is 23.8 Å². The van der Waals surface area contributed by atoms with Gasteiger partial charge in [-0.15, -0.1) is 0 Å². The molecule has 0 aliphatic carbocycles. The van der Waals surface area contributed by atoms with Crippen molar-refractivity contribution in [2.45, 2.75) is 6.42 Å². The van der Waals surface area contributed by atoms with Crippen molar-refractivity contribution in [2.75, 3.05) is 14.2 Å². The Balaban J connectivity index is 0.00000243. The second-order valence-electron chi connectivity index (χ2n) is 5.38. The maximum atomic E-state index is 12.4. The number of ether oxygens (including phenoxy) is 2. The summed E-state index contributed by atoms with van der Waals surface area (Å²) < 4.78 is 16.4. The van der Waals surface area contributed by atoms with Crippen molar-refractivity contribution in [1.29, 1.82) is 0 Å². The van der Waals surface area contributed by atoms with Crippen LogP contribution in [0.25, 0.3) is 22.3 Å². The van der Waals surface area contributed by atoms with Crippen molar-refractivity contribution < 1.29 is 53.3 Å². The van der Waals surface area contributed by atoms with E-state index in [2.05, 4.69) is 0 Å². The van der Waals surface area contributed by atoms with E-state index < -0.39 is 5.97 Å². The van der Waals surface area contributed by atoms with E-state index in [-0.39, 0.29) is 52.8 Å². The first-order valence-electron chi connectivity index (χ1n) is 7.51. The van der Waals surface area contributed by atoms with E-state index in [0.29, 0.717) is 28.0 Å². The van der Waals surface area contributed by atoms with Crippen LogP contribution < -0.4 is 49.6 Å². The van der Waals surface area contributed by atoms with Crippen LogP contribution in [-0.2, 0) is 11.2 Å². The van der Waals surface area contributed by atoms with Crippen LogP contribution in [0.5, 0.6) is 11.5 Å². The molecular formula is C19H15NaO6. The Hall–Kier alpha value is -2.28. The van der Waals surface area contributed by atoms with Crippen molar-refractivity contribution in [3.05, 3.63) is 58.3 Å². The molecule has 3 rings (SSSR count). The van der Waals surface area contributed by atoms with Gasteiger partial charge in [-0.3, -0.25) is 4.79 Å². The van der Waals surface area contributed by atoms with Crippen molar-refractivity contribution >= 4 is 16.9 Å². The van der Waals surface area contributed by atoms with Crippen molar-refractivity contribution in [3.63, 3.8) is 0 Å². The topological polar surface area (TPSA) is 88.8 Å². The minimum absolute atomic E-state index is 0. The van der Waals surface area contributed by atoms with E-state index in [9.17, 15) is 14.7 Å². The van der Waals surface area contributed by atoms with Gasteiger partial charge in [-0.2, -0.15) is 0 Å². The zero-order valence-electron chi connectivity index (χ0n) is 14.7. The molecule has 2 aromatic carbocycles. The predicted octanol–water partition coefficient (Wildman–Crippen LogP) is -1.23. The van der Waals surface area contributed by atoms with Gasteiger partial charge in [0, 0.05) is 30.1 Å². The largest absolute Gasteiger partial charge is 1.00 e. The summed E-state index contributed by atoms with van der Waals surface area (Å²) in [6.07, 6.45) is -0.344. The maximum Gasteiger partial charge on any atom is 1.00 e. The van der Waals surface area contributed by atoms with Crippen LogP contribution in [0.15, 0.2) is 51.7 Å². The third-order valence-corrected chi connectivity index (χ3v) is 3.85. The number of para-hydroxylation sites is 1. The smallest absolute Gasteiger partial charge is 0.550 e. The Morgan fingerprint density at radius 1 is 1.12 bits per heavy atom. The fourth-order valence-corrected chi connectivity index (χ4v) is 2.67. The van der Waals surface area contributed by atoms with Crippen LogP contribution in [0.1, 0.15) is 5.56 Å². The van der Waals surface area contributed by atoms with Crippen molar-refractivity contribution in [3.8, 4) is 22.8 Å². The Morgan fingerprint density at radius 2 is 1.88 bits per heavy atom. The average molecular weight is 362 g/mol. The van der Waals surface area contributed by atoms with Crippen molar-refractivity contribution in [2.24, 2.45) is 0 Å². The Morgan fingerprint density at radius 3 is 2.54 bits per heavy atom. The number of aliphatic carboxylic acids is 1. The molecule has 0 aliphatic rings. The van der Waals surface area contributed by atoms with Crippen LogP contribution in [-0.4, -0.2) is 20.2 Å². The molecule has 0 unspecified atom stereocenters. The summed E-state index contributed by atoms with van der Waals surface area (Å²) in [5.74, 6) is 0.103. The number of hydrogen-bond donors (Lipinski definition) is 0. The van der Waals surface area contributed by atoms with Gasteiger partial charge in [-0.05, 0) is 18.2 Å². The second kappa shape index (κ2) is 8.40. The van der Waals surface area contributed by atoms with Gasteiger partial charge in [0.15, 0.2) is 5.43 Å². The molecule has 0 aliphatic heterocycles. The summed E-state index contributed by atoms with van der Waals surface area (Å²) in [6, 6.07) is 11.3. The van der Waals surface area contributed by atoms with Gasteiger partial charge in [0.2, 0.25) is 0 Å². The number of carboxylic acids is 1. The van der Waals surface area contributed by atoms with Gasteiger partial charge >= 0.3 is 29.6 Å². The maximum absolute atomic E-state index is 12.4. The molecule has 0 radical (unpaired) electrons. The molecule has 0 N–H and O–H groups in total. The van der Waals surface area contributed by atoms with Crippen LogP contribution >= 0.6 is 0 Å². The summed E-state index contributed by atoms with van der Waals surface area (Å²) in [5.41, 5.74) is 0.899. The monoisotopic (exact) mass is 362 g/mol. The second-order valence-corrected chi connectivity index (χ2v) is 5.38. The fraction of sp³-hybridized carbons (Fsp3) is 0.158. The first-order valence-corrected chi connectivity index (χ1v) is 7.51. The minimum Gasteiger partial charge on any atom is -0.550 e.